The number of aryl methyl sites for hydroxylation is 1. The van der Waals surface area contributed by atoms with Gasteiger partial charge in [-0.05, 0) is 24.6 Å². The van der Waals surface area contributed by atoms with Gasteiger partial charge in [0.2, 0.25) is 11.8 Å². The summed E-state index contributed by atoms with van der Waals surface area (Å²) >= 11 is 3.42. The molecule has 1 unspecified atom stereocenters. The van der Waals surface area contributed by atoms with E-state index in [1.165, 1.54) is 6.92 Å². The minimum absolute atomic E-state index is 0.0445. The molecule has 0 radical (unpaired) electrons. The number of carbonyl (C=O) groups excluding carboxylic acids is 2. The monoisotopic (exact) mass is 487 g/mol. The molecule has 1 aromatic carbocycles. The SMILES string of the molecule is CC(=O)NC(CC(=O)N1CCN(c2cc(C)nc(C(C)C)n2)CC1)c1ccc(Br)cc1. The number of benzene rings is 1. The van der Waals surface area contributed by atoms with Gasteiger partial charge in [0.25, 0.3) is 0 Å². The summed E-state index contributed by atoms with van der Waals surface area (Å²) in [6, 6.07) is 9.36. The predicted molar refractivity (Wildman–Crippen MR) is 125 cm³/mol. The highest BCUT2D eigenvalue weighted by molar-refractivity contribution is 9.10. The number of hydrogen-bond acceptors (Lipinski definition) is 5. The van der Waals surface area contributed by atoms with Crippen LogP contribution in [0.3, 0.4) is 0 Å². The Hall–Kier alpha value is -2.48. The van der Waals surface area contributed by atoms with Gasteiger partial charge in [-0.15, -0.1) is 0 Å². The van der Waals surface area contributed by atoms with E-state index in [-0.39, 0.29) is 30.2 Å². The third kappa shape index (κ3) is 6.26. The Balaban J connectivity index is 1.63. The molecule has 1 atom stereocenters. The van der Waals surface area contributed by atoms with Crippen LogP contribution in [0.2, 0.25) is 0 Å². The van der Waals surface area contributed by atoms with Crippen LogP contribution in [0, 0.1) is 6.92 Å². The number of nitrogens with zero attached hydrogens (tertiary/aromatic N) is 4. The molecule has 8 heteroatoms. The molecule has 0 aliphatic carbocycles. The smallest absolute Gasteiger partial charge is 0.225 e. The highest BCUT2D eigenvalue weighted by Crippen LogP contribution is 2.22. The lowest BCUT2D eigenvalue weighted by Gasteiger charge is -2.36. The maximum Gasteiger partial charge on any atom is 0.225 e. The van der Waals surface area contributed by atoms with Crippen LogP contribution < -0.4 is 10.2 Å². The van der Waals surface area contributed by atoms with Crippen LogP contribution in [-0.2, 0) is 9.59 Å². The van der Waals surface area contributed by atoms with E-state index in [0.717, 1.165) is 40.5 Å². The molecule has 2 aromatic rings. The summed E-state index contributed by atoms with van der Waals surface area (Å²) in [5, 5.41) is 2.91. The van der Waals surface area contributed by atoms with Gasteiger partial charge in [-0.1, -0.05) is 41.9 Å². The fourth-order valence-electron chi connectivity index (χ4n) is 3.68. The van der Waals surface area contributed by atoms with Crippen molar-refractivity contribution in [1.29, 1.82) is 0 Å². The van der Waals surface area contributed by atoms with Gasteiger partial charge < -0.3 is 15.1 Å². The van der Waals surface area contributed by atoms with Crippen molar-refractivity contribution >= 4 is 33.6 Å². The second kappa shape index (κ2) is 10.2. The zero-order valence-electron chi connectivity index (χ0n) is 18.6. The number of anilines is 1. The molecule has 0 saturated carbocycles. The molecular weight excluding hydrogens is 458 g/mol. The Labute approximate surface area is 192 Å². The van der Waals surface area contributed by atoms with Crippen LogP contribution in [0.1, 0.15) is 56.2 Å². The van der Waals surface area contributed by atoms with Gasteiger partial charge in [0.05, 0.1) is 12.5 Å². The second-order valence-corrected chi connectivity index (χ2v) is 9.17. The Morgan fingerprint density at radius 1 is 1.10 bits per heavy atom. The number of hydrogen-bond donors (Lipinski definition) is 1. The Morgan fingerprint density at radius 3 is 2.32 bits per heavy atom. The van der Waals surface area contributed by atoms with Crippen molar-refractivity contribution in [2.75, 3.05) is 31.1 Å². The summed E-state index contributed by atoms with van der Waals surface area (Å²) in [5.41, 5.74) is 1.88. The zero-order valence-corrected chi connectivity index (χ0v) is 20.1. The highest BCUT2D eigenvalue weighted by Gasteiger charge is 2.26. The third-order valence-electron chi connectivity index (χ3n) is 5.36. The average Bonchev–Trinajstić information content (AvgIpc) is 2.73. The normalized spacial score (nSPS) is 15.2. The first-order chi connectivity index (χ1) is 14.7. The summed E-state index contributed by atoms with van der Waals surface area (Å²) in [5.74, 6) is 1.94. The number of rotatable bonds is 6. The molecule has 31 heavy (non-hydrogen) atoms. The molecule has 0 bridgehead atoms. The van der Waals surface area contributed by atoms with E-state index < -0.39 is 0 Å². The van der Waals surface area contributed by atoms with Gasteiger partial charge in [-0.3, -0.25) is 9.59 Å². The van der Waals surface area contributed by atoms with Crippen molar-refractivity contribution < 1.29 is 9.59 Å². The second-order valence-electron chi connectivity index (χ2n) is 8.26. The Morgan fingerprint density at radius 2 is 1.74 bits per heavy atom. The van der Waals surface area contributed by atoms with Crippen molar-refractivity contribution in [2.45, 2.75) is 46.1 Å². The molecular formula is C23H30BrN5O2. The van der Waals surface area contributed by atoms with E-state index in [9.17, 15) is 9.59 Å². The van der Waals surface area contributed by atoms with E-state index in [2.05, 4.69) is 45.0 Å². The van der Waals surface area contributed by atoms with Crippen molar-refractivity contribution in [3.05, 3.63) is 51.9 Å². The summed E-state index contributed by atoms with van der Waals surface area (Å²) < 4.78 is 0.959. The zero-order chi connectivity index (χ0) is 22.5. The molecule has 1 fully saturated rings. The van der Waals surface area contributed by atoms with E-state index in [1.807, 2.05) is 42.2 Å². The van der Waals surface area contributed by atoms with Crippen LogP contribution in [0.15, 0.2) is 34.8 Å². The van der Waals surface area contributed by atoms with Crippen molar-refractivity contribution in [1.82, 2.24) is 20.2 Å². The van der Waals surface area contributed by atoms with Gasteiger partial charge >= 0.3 is 0 Å². The van der Waals surface area contributed by atoms with Crippen molar-refractivity contribution in [3.8, 4) is 0 Å². The number of piperazine rings is 1. The first-order valence-corrected chi connectivity index (χ1v) is 11.4. The quantitative estimate of drug-likeness (QED) is 0.673. The topological polar surface area (TPSA) is 78.4 Å². The number of aromatic nitrogens is 2. The third-order valence-corrected chi connectivity index (χ3v) is 5.89. The average molecular weight is 488 g/mol. The molecule has 3 rings (SSSR count). The molecule has 0 spiro atoms. The number of halogens is 1. The maximum absolute atomic E-state index is 13.0. The molecule has 2 heterocycles. The summed E-state index contributed by atoms with van der Waals surface area (Å²) in [4.78, 5) is 38.0. The summed E-state index contributed by atoms with van der Waals surface area (Å²) in [6.07, 6.45) is 0.241. The van der Waals surface area contributed by atoms with E-state index in [1.54, 1.807) is 0 Å². The maximum atomic E-state index is 13.0. The van der Waals surface area contributed by atoms with Crippen LogP contribution in [0.5, 0.6) is 0 Å². The van der Waals surface area contributed by atoms with E-state index >= 15 is 0 Å². The van der Waals surface area contributed by atoms with Gasteiger partial charge in [0.15, 0.2) is 0 Å². The number of carbonyl (C=O) groups is 2. The molecule has 1 aromatic heterocycles. The molecule has 7 nitrogen and oxygen atoms in total. The number of amides is 2. The summed E-state index contributed by atoms with van der Waals surface area (Å²) in [6.45, 7) is 10.4. The molecule has 2 amide bonds. The van der Waals surface area contributed by atoms with Crippen LogP contribution in [0.25, 0.3) is 0 Å². The first kappa shape index (κ1) is 23.2. The van der Waals surface area contributed by atoms with Crippen LogP contribution in [-0.4, -0.2) is 52.9 Å². The van der Waals surface area contributed by atoms with Crippen molar-refractivity contribution in [2.24, 2.45) is 0 Å². The fourth-order valence-corrected chi connectivity index (χ4v) is 3.94. The predicted octanol–water partition coefficient (Wildman–Crippen LogP) is 3.59. The van der Waals surface area contributed by atoms with E-state index in [4.69, 9.17) is 4.98 Å². The van der Waals surface area contributed by atoms with Gasteiger partial charge in [0, 0.05) is 55.3 Å². The summed E-state index contributed by atoms with van der Waals surface area (Å²) in [7, 11) is 0. The largest absolute Gasteiger partial charge is 0.353 e. The Kier molecular flexibility index (Phi) is 7.64. The van der Waals surface area contributed by atoms with Gasteiger partial charge in [-0.25, -0.2) is 9.97 Å². The standard InChI is InChI=1S/C23H30BrN5O2/c1-15(2)23-25-16(3)13-21(27-23)28-9-11-29(12-10-28)22(31)14-20(26-17(4)30)18-5-7-19(24)8-6-18/h5-8,13,15,20H,9-12,14H2,1-4H3,(H,26,30). The Bertz CT molecular complexity index is 924. The molecule has 1 aliphatic heterocycles. The van der Waals surface area contributed by atoms with Gasteiger partial charge in [-0.2, -0.15) is 0 Å². The van der Waals surface area contributed by atoms with E-state index in [0.29, 0.717) is 13.1 Å². The van der Waals surface area contributed by atoms with Gasteiger partial charge in [0.1, 0.15) is 11.6 Å². The fraction of sp³-hybridized carbons (Fsp3) is 0.478. The lowest BCUT2D eigenvalue weighted by Crippen LogP contribution is -2.49. The molecule has 1 saturated heterocycles. The highest BCUT2D eigenvalue weighted by atomic mass is 79.9. The number of nitrogens with one attached hydrogen (secondary N) is 1. The van der Waals surface area contributed by atoms with Crippen molar-refractivity contribution in [3.63, 3.8) is 0 Å². The molecule has 1 N–H and O–H groups in total. The first-order valence-electron chi connectivity index (χ1n) is 10.6. The van der Waals surface area contributed by atoms with Crippen LogP contribution in [0.4, 0.5) is 5.82 Å². The van der Waals surface area contributed by atoms with Crippen LogP contribution >= 0.6 is 15.9 Å². The minimum Gasteiger partial charge on any atom is -0.353 e. The lowest BCUT2D eigenvalue weighted by atomic mass is 10.0. The lowest BCUT2D eigenvalue weighted by molar-refractivity contribution is -0.132. The molecule has 166 valence electrons. The molecule has 1 aliphatic rings. The minimum atomic E-state index is -0.339.